The maximum absolute atomic E-state index is 16.4. The first kappa shape index (κ1) is 32.2. The van der Waals surface area contributed by atoms with Gasteiger partial charge in [0.25, 0.3) is 5.91 Å². The lowest BCUT2D eigenvalue weighted by Gasteiger charge is -2.40. The first-order valence-corrected chi connectivity index (χ1v) is 12.8. The molecule has 3 aromatic rings. The van der Waals surface area contributed by atoms with Gasteiger partial charge in [-0.2, -0.15) is 0 Å². The van der Waals surface area contributed by atoms with Crippen molar-refractivity contribution >= 4 is 72.4 Å². The highest BCUT2D eigenvalue weighted by Gasteiger charge is 2.45. The molecule has 4 rings (SSSR count). The van der Waals surface area contributed by atoms with Crippen molar-refractivity contribution in [3.8, 4) is 22.6 Å². The Kier molecular flexibility index (Phi) is 8.73. The molecule has 1 aliphatic rings. The van der Waals surface area contributed by atoms with Crippen molar-refractivity contribution in [2.75, 3.05) is 13.6 Å². The number of carbonyl (C=O) groups excluding carboxylic acids is 1. The maximum Gasteiger partial charge on any atom is 0.251 e. The van der Waals surface area contributed by atoms with E-state index in [2.05, 4.69) is 10.6 Å². The van der Waals surface area contributed by atoms with Crippen LogP contribution in [0.3, 0.4) is 0 Å². The molecule has 0 bridgehead atoms. The summed E-state index contributed by atoms with van der Waals surface area (Å²) >= 11 is 6.48. The summed E-state index contributed by atoms with van der Waals surface area (Å²) in [5.41, 5.74) is -1.40. The fourth-order valence-corrected chi connectivity index (χ4v) is 4.83. The zero-order valence-corrected chi connectivity index (χ0v) is 23.1. The second-order valence-corrected chi connectivity index (χ2v) is 10.4. The van der Waals surface area contributed by atoms with Gasteiger partial charge in [0.2, 0.25) is 0 Å². The summed E-state index contributed by atoms with van der Waals surface area (Å²) in [4.78, 5) is 12.9. The molecule has 3 aromatic carbocycles. The van der Waals surface area contributed by atoms with E-state index in [4.69, 9.17) is 76.0 Å². The van der Waals surface area contributed by atoms with Crippen LogP contribution in [-0.4, -0.2) is 95.6 Å². The predicted molar refractivity (Wildman–Crippen MR) is 162 cm³/mol. The van der Waals surface area contributed by atoms with Crippen molar-refractivity contribution in [3.05, 3.63) is 81.9 Å². The fourth-order valence-electron chi connectivity index (χ4n) is 4.57. The van der Waals surface area contributed by atoms with Crippen molar-refractivity contribution in [3.63, 3.8) is 0 Å². The molecule has 14 radical (unpaired) electrons. The van der Waals surface area contributed by atoms with Crippen molar-refractivity contribution in [1.29, 1.82) is 0 Å². The van der Waals surface area contributed by atoms with E-state index >= 15 is 8.78 Å². The quantitative estimate of drug-likeness (QED) is 0.327. The average molecular weight is 572 g/mol. The van der Waals surface area contributed by atoms with Gasteiger partial charge in [-0.05, 0) is 17.7 Å². The monoisotopic (exact) mass is 572 g/mol. The number of hydrogen-bond acceptors (Lipinski definition) is 5. The zero-order valence-electron chi connectivity index (χ0n) is 22.4. The molecule has 0 saturated carbocycles. The number of hydrogen-bond donors (Lipinski definition) is 3. The average Bonchev–Trinajstić information content (AvgIpc) is 3.28. The lowest BCUT2D eigenvalue weighted by atomic mass is 9.42. The number of amides is 1. The van der Waals surface area contributed by atoms with Gasteiger partial charge >= 0.3 is 0 Å². The van der Waals surface area contributed by atoms with Crippen LogP contribution in [0.25, 0.3) is 11.1 Å². The normalized spacial score (nSPS) is 16.9. The Morgan fingerprint density at radius 2 is 1.71 bits per heavy atom. The van der Waals surface area contributed by atoms with Gasteiger partial charge in [0, 0.05) is 53.6 Å². The highest BCUT2D eigenvalue weighted by atomic mass is 35.5. The van der Waals surface area contributed by atoms with Crippen LogP contribution in [0.4, 0.5) is 8.78 Å². The number of fused-ring (bicyclic) bond motifs is 1. The van der Waals surface area contributed by atoms with Gasteiger partial charge in [-0.15, -0.1) is 0 Å². The van der Waals surface area contributed by atoms with E-state index in [9.17, 15) is 9.90 Å². The van der Waals surface area contributed by atoms with E-state index < -0.39 is 55.5 Å². The van der Waals surface area contributed by atoms with Gasteiger partial charge in [-0.1, -0.05) is 47.2 Å². The number of carbonyl (C=O) groups is 1. The van der Waals surface area contributed by atoms with Crippen LogP contribution in [0.5, 0.6) is 11.5 Å². The van der Waals surface area contributed by atoms with Crippen molar-refractivity contribution in [2.24, 2.45) is 0 Å². The predicted octanol–water partition coefficient (Wildman–Crippen LogP) is 0.534. The molecule has 0 spiro atoms. The molecular formula is C26H18B7ClF2N2O4. The Hall–Kier alpha value is -2.75. The Labute approximate surface area is 256 Å². The van der Waals surface area contributed by atoms with E-state index in [0.29, 0.717) is 5.56 Å². The molecule has 1 heterocycles. The van der Waals surface area contributed by atoms with Gasteiger partial charge in [0.15, 0.2) is 17.2 Å². The lowest BCUT2D eigenvalue weighted by Crippen LogP contribution is -2.60. The molecule has 3 N–H and O–H groups in total. The molecule has 1 amide bonds. The highest BCUT2D eigenvalue weighted by molar-refractivity contribution is 6.59. The number of rotatable bonds is 9. The minimum absolute atomic E-state index is 0.00640. The van der Waals surface area contributed by atoms with Crippen LogP contribution < -0.4 is 20.1 Å². The SMILES string of the molecule is [B]C([B])([B])NC[C@@]1(c2ccccc2)Cc2c(cc(F)c(Cl)c2-c2c(C(=O)NC)ccc(OC([B])([B])C([B])([B])O)c2F)O1. The molecule has 0 unspecified atom stereocenters. The molecule has 42 heavy (non-hydrogen) atoms. The molecule has 1 aliphatic heterocycles. The Morgan fingerprint density at radius 1 is 1.07 bits per heavy atom. The number of nitrogens with one attached hydrogen (secondary N) is 2. The van der Waals surface area contributed by atoms with Gasteiger partial charge in [-0.3, -0.25) is 4.79 Å². The third-order valence-electron chi connectivity index (χ3n) is 6.77. The minimum atomic E-state index is -2.82. The largest absolute Gasteiger partial charge is 0.503 e. The number of aliphatic hydroxyl groups is 1. The highest BCUT2D eigenvalue weighted by Crippen LogP contribution is 2.50. The Morgan fingerprint density at radius 3 is 2.29 bits per heavy atom. The topological polar surface area (TPSA) is 79.8 Å². The maximum atomic E-state index is 16.4. The molecule has 0 saturated heterocycles. The van der Waals surface area contributed by atoms with E-state index in [1.807, 2.05) is 0 Å². The fraction of sp³-hybridized carbons (Fsp3) is 0.269. The van der Waals surface area contributed by atoms with Crippen LogP contribution in [0, 0.1) is 11.6 Å². The molecule has 16 heteroatoms. The number of halogens is 3. The minimum Gasteiger partial charge on any atom is -0.503 e. The van der Waals surface area contributed by atoms with Crippen molar-refractivity contribution in [2.45, 2.75) is 28.1 Å². The summed E-state index contributed by atoms with van der Waals surface area (Å²) in [6, 6.07) is 12.0. The van der Waals surface area contributed by atoms with Gasteiger partial charge < -0.3 is 25.2 Å². The van der Waals surface area contributed by atoms with Gasteiger partial charge in [0.05, 0.1) is 34.1 Å². The second-order valence-electron chi connectivity index (χ2n) is 10.0. The van der Waals surface area contributed by atoms with Crippen molar-refractivity contribution < 1.29 is 28.2 Å². The van der Waals surface area contributed by atoms with E-state index in [0.717, 1.165) is 18.2 Å². The summed E-state index contributed by atoms with van der Waals surface area (Å²) in [5.74, 6) is -3.66. The smallest absolute Gasteiger partial charge is 0.251 e. The summed E-state index contributed by atoms with van der Waals surface area (Å²) in [6.07, 6.45) is -0.0362. The summed E-state index contributed by atoms with van der Waals surface area (Å²) in [5, 5.41) is 7.23. The van der Waals surface area contributed by atoms with Crippen LogP contribution in [0.1, 0.15) is 21.5 Å². The first-order chi connectivity index (χ1) is 19.4. The lowest BCUT2D eigenvalue weighted by molar-refractivity contribution is 0.0784. The molecule has 198 valence electrons. The summed E-state index contributed by atoms with van der Waals surface area (Å²) < 4.78 is 43.3. The van der Waals surface area contributed by atoms with Gasteiger partial charge in [-0.25, -0.2) is 8.78 Å². The van der Waals surface area contributed by atoms with E-state index in [1.54, 1.807) is 30.3 Å². The van der Waals surface area contributed by atoms with Gasteiger partial charge in [0.1, 0.15) is 43.0 Å². The van der Waals surface area contributed by atoms with Crippen LogP contribution in [-0.2, 0) is 12.0 Å². The standard InChI is InChI=1S/C26H18B7ClF2N2O4/c1-37-22(39)13-7-8-16(42-25(29,30)24(27,28)40)21(36)19(13)18-14-10-23(11-38-26(31,32)33,12-5-3-2-4-6-12)41-17(14)9-15(35)20(18)34/h2-9,38,40H,10-11H2,1H3,(H,37,39)/t23-/m1/s1. The third-order valence-corrected chi connectivity index (χ3v) is 7.14. The molecule has 0 aliphatic carbocycles. The first-order valence-electron chi connectivity index (χ1n) is 12.4. The Balaban J connectivity index is 1.97. The Bertz CT molecular complexity index is 1520. The third kappa shape index (κ3) is 6.15. The van der Waals surface area contributed by atoms with E-state index in [1.165, 1.54) is 7.05 Å². The summed E-state index contributed by atoms with van der Waals surface area (Å²) in [7, 11) is 40.7. The zero-order chi connectivity index (χ0) is 31.3. The molecular weight excluding hydrogens is 553 g/mol. The summed E-state index contributed by atoms with van der Waals surface area (Å²) in [6.45, 7) is -0.0732. The molecule has 6 nitrogen and oxygen atoms in total. The van der Waals surface area contributed by atoms with Crippen LogP contribution in [0.15, 0.2) is 48.5 Å². The molecule has 0 fully saturated rings. The number of benzene rings is 3. The van der Waals surface area contributed by atoms with Crippen LogP contribution in [0.2, 0.25) is 5.02 Å². The second kappa shape index (κ2) is 11.4. The number of ether oxygens (including phenoxy) is 2. The van der Waals surface area contributed by atoms with E-state index in [-0.39, 0.29) is 35.4 Å². The van der Waals surface area contributed by atoms with Crippen molar-refractivity contribution in [1.82, 2.24) is 10.6 Å². The molecule has 1 atom stereocenters. The molecule has 0 aromatic heterocycles. The van der Waals surface area contributed by atoms with Crippen LogP contribution >= 0.6 is 11.6 Å².